The molecular weight excluding hydrogens is 306 g/mol. The fourth-order valence-corrected chi connectivity index (χ4v) is 2.10. The molecule has 7 heteroatoms. The van der Waals surface area contributed by atoms with Gasteiger partial charge in [0.2, 0.25) is 5.95 Å². The summed E-state index contributed by atoms with van der Waals surface area (Å²) in [7, 11) is 0. The van der Waals surface area contributed by atoms with Gasteiger partial charge in [-0.05, 0) is 37.1 Å². The van der Waals surface area contributed by atoms with Gasteiger partial charge in [-0.3, -0.25) is 4.79 Å². The standard InChI is InChI=1S/C17H17N5O2/c1-3-12-4-6-13(7-5-12)19-17-18-9-8-14(20-17)16(23)21-15-10-11(2)24-22-15/h4-10H,3H2,1-2H3,(H,18,19,20)(H,21,22,23). The highest BCUT2D eigenvalue weighted by atomic mass is 16.5. The van der Waals surface area contributed by atoms with E-state index in [1.165, 1.54) is 17.8 Å². The van der Waals surface area contributed by atoms with Gasteiger partial charge in [0.05, 0.1) is 0 Å². The quantitative estimate of drug-likeness (QED) is 0.748. The zero-order chi connectivity index (χ0) is 16.9. The van der Waals surface area contributed by atoms with Crippen LogP contribution in [0.15, 0.2) is 47.1 Å². The molecule has 3 rings (SSSR count). The Kier molecular flexibility index (Phi) is 4.51. The van der Waals surface area contributed by atoms with Crippen molar-refractivity contribution in [1.82, 2.24) is 15.1 Å². The van der Waals surface area contributed by atoms with E-state index in [2.05, 4.69) is 32.7 Å². The zero-order valence-electron chi connectivity index (χ0n) is 13.4. The van der Waals surface area contributed by atoms with Gasteiger partial charge >= 0.3 is 0 Å². The minimum absolute atomic E-state index is 0.235. The molecule has 0 unspecified atom stereocenters. The third kappa shape index (κ3) is 3.75. The second-order valence-electron chi connectivity index (χ2n) is 5.22. The van der Waals surface area contributed by atoms with E-state index in [-0.39, 0.29) is 11.6 Å². The maximum atomic E-state index is 12.2. The zero-order valence-corrected chi connectivity index (χ0v) is 13.4. The smallest absolute Gasteiger partial charge is 0.275 e. The van der Waals surface area contributed by atoms with Crippen LogP contribution >= 0.6 is 0 Å². The van der Waals surface area contributed by atoms with E-state index in [4.69, 9.17) is 4.52 Å². The topological polar surface area (TPSA) is 92.9 Å². The molecule has 1 amide bonds. The molecule has 0 radical (unpaired) electrons. The van der Waals surface area contributed by atoms with Crippen LogP contribution in [0.5, 0.6) is 0 Å². The molecule has 2 N–H and O–H groups in total. The number of nitrogens with zero attached hydrogens (tertiary/aromatic N) is 3. The molecule has 0 atom stereocenters. The van der Waals surface area contributed by atoms with Gasteiger partial charge in [-0.15, -0.1) is 0 Å². The summed E-state index contributed by atoms with van der Waals surface area (Å²) in [5, 5.41) is 9.43. The van der Waals surface area contributed by atoms with E-state index in [9.17, 15) is 4.79 Å². The third-order valence-electron chi connectivity index (χ3n) is 3.38. The molecule has 0 saturated carbocycles. The molecule has 0 spiro atoms. The molecule has 2 aromatic heterocycles. The molecule has 0 fully saturated rings. The van der Waals surface area contributed by atoms with Gasteiger partial charge in [0, 0.05) is 18.0 Å². The number of amides is 1. The van der Waals surface area contributed by atoms with Crippen molar-refractivity contribution in [2.75, 3.05) is 10.6 Å². The Bertz CT molecular complexity index is 842. The Balaban J connectivity index is 1.72. The predicted molar refractivity (Wildman–Crippen MR) is 90.3 cm³/mol. The summed E-state index contributed by atoms with van der Waals surface area (Å²) in [6.07, 6.45) is 2.51. The van der Waals surface area contributed by atoms with Gasteiger partial charge in [-0.25, -0.2) is 9.97 Å². The molecule has 1 aromatic carbocycles. The largest absolute Gasteiger partial charge is 0.360 e. The maximum Gasteiger partial charge on any atom is 0.275 e. The molecule has 0 bridgehead atoms. The highest BCUT2D eigenvalue weighted by Gasteiger charge is 2.11. The number of hydrogen-bond donors (Lipinski definition) is 2. The maximum absolute atomic E-state index is 12.2. The lowest BCUT2D eigenvalue weighted by molar-refractivity contribution is 0.102. The van der Waals surface area contributed by atoms with Crippen LogP contribution in [0.2, 0.25) is 0 Å². The summed E-state index contributed by atoms with van der Waals surface area (Å²) in [4.78, 5) is 20.6. The number of benzene rings is 1. The number of carbonyl (C=O) groups is 1. The SMILES string of the molecule is CCc1ccc(Nc2nccc(C(=O)Nc3cc(C)on3)n2)cc1. The molecular formula is C17H17N5O2. The number of anilines is 3. The normalized spacial score (nSPS) is 10.4. The lowest BCUT2D eigenvalue weighted by atomic mass is 10.1. The summed E-state index contributed by atoms with van der Waals surface area (Å²) >= 11 is 0. The molecule has 122 valence electrons. The number of hydrogen-bond acceptors (Lipinski definition) is 6. The molecule has 3 aromatic rings. The lowest BCUT2D eigenvalue weighted by Crippen LogP contribution is -2.15. The molecule has 0 aliphatic heterocycles. The van der Waals surface area contributed by atoms with Crippen molar-refractivity contribution in [2.24, 2.45) is 0 Å². The van der Waals surface area contributed by atoms with Crippen molar-refractivity contribution in [3.05, 3.63) is 59.6 Å². The van der Waals surface area contributed by atoms with Crippen molar-refractivity contribution in [3.63, 3.8) is 0 Å². The minimum atomic E-state index is -0.380. The summed E-state index contributed by atoms with van der Waals surface area (Å²) in [6, 6.07) is 11.1. The Morgan fingerprint density at radius 1 is 1.21 bits per heavy atom. The first kappa shape index (κ1) is 15.7. The van der Waals surface area contributed by atoms with Crippen LogP contribution in [0.25, 0.3) is 0 Å². The van der Waals surface area contributed by atoms with E-state index in [1.54, 1.807) is 13.0 Å². The first-order valence-corrected chi connectivity index (χ1v) is 7.57. The van der Waals surface area contributed by atoms with Gasteiger partial charge in [-0.2, -0.15) is 0 Å². The fourth-order valence-electron chi connectivity index (χ4n) is 2.10. The summed E-state index contributed by atoms with van der Waals surface area (Å²) in [6.45, 7) is 3.85. The van der Waals surface area contributed by atoms with Crippen molar-refractivity contribution in [1.29, 1.82) is 0 Å². The van der Waals surface area contributed by atoms with Crippen LogP contribution < -0.4 is 10.6 Å². The monoisotopic (exact) mass is 323 g/mol. The van der Waals surface area contributed by atoms with E-state index in [1.807, 2.05) is 24.3 Å². The second kappa shape index (κ2) is 6.91. The third-order valence-corrected chi connectivity index (χ3v) is 3.38. The predicted octanol–water partition coefficient (Wildman–Crippen LogP) is 3.33. The van der Waals surface area contributed by atoms with Gasteiger partial charge in [0.15, 0.2) is 5.82 Å². The van der Waals surface area contributed by atoms with E-state index >= 15 is 0 Å². The van der Waals surface area contributed by atoms with Gasteiger partial charge < -0.3 is 15.2 Å². The van der Waals surface area contributed by atoms with Gasteiger partial charge in [-0.1, -0.05) is 24.2 Å². The average Bonchev–Trinajstić information content (AvgIpc) is 3.00. The number of carbonyl (C=O) groups excluding carboxylic acids is 1. The number of nitrogens with one attached hydrogen (secondary N) is 2. The first-order chi connectivity index (χ1) is 11.6. The average molecular weight is 323 g/mol. The van der Waals surface area contributed by atoms with E-state index in [0.717, 1.165) is 12.1 Å². The summed E-state index contributed by atoms with van der Waals surface area (Å²) in [5.41, 5.74) is 2.34. The Morgan fingerprint density at radius 2 is 2.00 bits per heavy atom. The van der Waals surface area contributed by atoms with Crippen LogP contribution in [-0.4, -0.2) is 21.0 Å². The fraction of sp³-hybridized carbons (Fsp3) is 0.176. The van der Waals surface area contributed by atoms with Crippen molar-refractivity contribution >= 4 is 23.4 Å². The van der Waals surface area contributed by atoms with Crippen LogP contribution in [0.1, 0.15) is 28.7 Å². The van der Waals surface area contributed by atoms with Crippen molar-refractivity contribution in [2.45, 2.75) is 20.3 Å². The van der Waals surface area contributed by atoms with Crippen molar-refractivity contribution in [3.8, 4) is 0 Å². The second-order valence-corrected chi connectivity index (χ2v) is 5.22. The minimum Gasteiger partial charge on any atom is -0.360 e. The lowest BCUT2D eigenvalue weighted by Gasteiger charge is -2.07. The summed E-state index contributed by atoms with van der Waals surface area (Å²) in [5.74, 6) is 0.935. The van der Waals surface area contributed by atoms with Crippen LogP contribution in [0.3, 0.4) is 0 Å². The van der Waals surface area contributed by atoms with Crippen LogP contribution in [0.4, 0.5) is 17.5 Å². The molecule has 0 aliphatic carbocycles. The molecule has 0 saturated heterocycles. The van der Waals surface area contributed by atoms with Crippen LogP contribution in [-0.2, 0) is 6.42 Å². The van der Waals surface area contributed by atoms with Crippen LogP contribution in [0, 0.1) is 6.92 Å². The number of aromatic nitrogens is 3. The Hall–Kier alpha value is -3.22. The Morgan fingerprint density at radius 3 is 2.67 bits per heavy atom. The van der Waals surface area contributed by atoms with Gasteiger partial charge in [0.1, 0.15) is 11.5 Å². The first-order valence-electron chi connectivity index (χ1n) is 7.57. The molecule has 24 heavy (non-hydrogen) atoms. The number of aryl methyl sites for hydroxylation is 2. The summed E-state index contributed by atoms with van der Waals surface area (Å²) < 4.78 is 4.91. The van der Waals surface area contributed by atoms with Crippen molar-refractivity contribution < 1.29 is 9.32 Å². The number of rotatable bonds is 5. The molecule has 2 heterocycles. The molecule has 0 aliphatic rings. The van der Waals surface area contributed by atoms with E-state index in [0.29, 0.717) is 17.5 Å². The molecule has 7 nitrogen and oxygen atoms in total. The Labute approximate surface area is 139 Å². The highest BCUT2D eigenvalue weighted by Crippen LogP contribution is 2.15. The van der Waals surface area contributed by atoms with Gasteiger partial charge in [0.25, 0.3) is 5.91 Å². The highest BCUT2D eigenvalue weighted by molar-refractivity contribution is 6.02. The van der Waals surface area contributed by atoms with E-state index < -0.39 is 0 Å².